The molecule has 2 aromatic carbocycles. The third-order valence-electron chi connectivity index (χ3n) is 3.03. The van der Waals surface area contributed by atoms with Crippen LogP contribution in [0, 0.1) is 3.57 Å². The highest BCUT2D eigenvalue weighted by Crippen LogP contribution is 2.27. The first kappa shape index (κ1) is 12.7. The van der Waals surface area contributed by atoms with Gasteiger partial charge in [0.15, 0.2) is 5.78 Å². The number of ketones is 1. The molecular weight excluding hydrogens is 373 g/mol. The van der Waals surface area contributed by atoms with E-state index in [1.807, 2.05) is 36.4 Å². The monoisotopic (exact) mass is 381 g/mol. The zero-order valence-corrected chi connectivity index (χ0v) is 12.7. The number of carbonyl (C=O) groups is 1. The number of carbonyl (C=O) groups excluding carboxylic acids is 1. The minimum atomic E-state index is 0.0125. The first-order chi connectivity index (χ1) is 9.18. The quantitative estimate of drug-likeness (QED) is 0.508. The van der Waals surface area contributed by atoms with Crippen LogP contribution in [0.2, 0.25) is 5.02 Å². The van der Waals surface area contributed by atoms with E-state index in [2.05, 4.69) is 27.6 Å². The summed E-state index contributed by atoms with van der Waals surface area (Å²) in [5, 5.41) is 1.48. The molecule has 4 heteroatoms. The van der Waals surface area contributed by atoms with Crippen molar-refractivity contribution in [2.75, 3.05) is 0 Å². The van der Waals surface area contributed by atoms with Crippen molar-refractivity contribution in [2.45, 2.75) is 0 Å². The van der Waals surface area contributed by atoms with E-state index in [9.17, 15) is 4.79 Å². The van der Waals surface area contributed by atoms with Gasteiger partial charge in [-0.1, -0.05) is 35.9 Å². The van der Waals surface area contributed by atoms with Gasteiger partial charge in [-0.2, -0.15) is 0 Å². The van der Waals surface area contributed by atoms with Crippen LogP contribution in [0.3, 0.4) is 0 Å². The smallest absolute Gasteiger partial charge is 0.196 e. The maximum atomic E-state index is 12.6. The van der Waals surface area contributed by atoms with Gasteiger partial charge in [0, 0.05) is 26.3 Å². The number of nitrogens with one attached hydrogen (secondary N) is 1. The number of halogens is 2. The third-order valence-corrected chi connectivity index (χ3v) is 4.28. The van der Waals surface area contributed by atoms with E-state index in [0.717, 1.165) is 14.5 Å². The fraction of sp³-hybridized carbons (Fsp3) is 0. The van der Waals surface area contributed by atoms with E-state index in [1.165, 1.54) is 0 Å². The van der Waals surface area contributed by atoms with Crippen LogP contribution in [-0.2, 0) is 0 Å². The predicted octanol–water partition coefficient (Wildman–Crippen LogP) is 4.66. The van der Waals surface area contributed by atoms with Crippen LogP contribution in [-0.4, -0.2) is 10.8 Å². The van der Waals surface area contributed by atoms with Crippen molar-refractivity contribution in [1.29, 1.82) is 0 Å². The van der Waals surface area contributed by atoms with Crippen LogP contribution in [0.4, 0.5) is 0 Å². The highest BCUT2D eigenvalue weighted by Gasteiger charge is 2.16. The Kier molecular flexibility index (Phi) is 3.33. The molecular formula is C15H9ClINO. The van der Waals surface area contributed by atoms with Crippen LogP contribution in [0.15, 0.2) is 48.7 Å². The van der Waals surface area contributed by atoms with Gasteiger partial charge in [-0.25, -0.2) is 0 Å². The van der Waals surface area contributed by atoms with Gasteiger partial charge in [0.05, 0.1) is 10.5 Å². The lowest BCUT2D eigenvalue weighted by atomic mass is 10.0. The molecule has 0 bridgehead atoms. The largest absolute Gasteiger partial charge is 0.359 e. The van der Waals surface area contributed by atoms with Crippen LogP contribution in [0.1, 0.15) is 15.9 Å². The molecule has 1 aromatic heterocycles. The van der Waals surface area contributed by atoms with E-state index >= 15 is 0 Å². The van der Waals surface area contributed by atoms with E-state index in [0.29, 0.717) is 16.1 Å². The predicted molar refractivity (Wildman–Crippen MR) is 85.9 cm³/mol. The Bertz CT molecular complexity index is 779. The van der Waals surface area contributed by atoms with E-state index in [1.54, 1.807) is 12.3 Å². The topological polar surface area (TPSA) is 32.9 Å². The molecule has 19 heavy (non-hydrogen) atoms. The van der Waals surface area contributed by atoms with Gasteiger partial charge in [0.1, 0.15) is 0 Å². The molecule has 0 unspecified atom stereocenters. The Morgan fingerprint density at radius 3 is 2.63 bits per heavy atom. The van der Waals surface area contributed by atoms with Crippen molar-refractivity contribution >= 4 is 50.9 Å². The van der Waals surface area contributed by atoms with Crippen molar-refractivity contribution in [1.82, 2.24) is 4.98 Å². The van der Waals surface area contributed by atoms with Gasteiger partial charge in [-0.05, 0) is 40.8 Å². The minimum Gasteiger partial charge on any atom is -0.359 e. The Balaban J connectivity index is 2.18. The lowest BCUT2D eigenvalue weighted by Gasteiger charge is -2.02. The Hall–Kier alpha value is -1.33. The SMILES string of the molecule is O=C(c1ccccc1I)c1c[nH]c2c(Cl)cccc12. The molecule has 0 spiro atoms. The highest BCUT2D eigenvalue weighted by molar-refractivity contribution is 14.1. The standard InChI is InChI=1S/C15H9ClINO/c16-12-6-3-5-9-11(8-18-14(9)12)15(19)10-4-1-2-7-13(10)17/h1-8,18H. The van der Waals surface area contributed by atoms with Gasteiger partial charge in [0.2, 0.25) is 0 Å². The summed E-state index contributed by atoms with van der Waals surface area (Å²) in [5.41, 5.74) is 2.17. The van der Waals surface area contributed by atoms with Crippen molar-refractivity contribution in [3.63, 3.8) is 0 Å². The summed E-state index contributed by atoms with van der Waals surface area (Å²) in [5.74, 6) is 0.0125. The lowest BCUT2D eigenvalue weighted by molar-refractivity contribution is 0.103. The zero-order chi connectivity index (χ0) is 13.4. The molecule has 0 fully saturated rings. The number of fused-ring (bicyclic) bond motifs is 1. The number of hydrogen-bond acceptors (Lipinski definition) is 1. The van der Waals surface area contributed by atoms with Crippen LogP contribution in [0.5, 0.6) is 0 Å². The summed E-state index contributed by atoms with van der Waals surface area (Å²) in [4.78, 5) is 15.7. The fourth-order valence-electron chi connectivity index (χ4n) is 2.10. The molecule has 0 aliphatic carbocycles. The van der Waals surface area contributed by atoms with E-state index in [4.69, 9.17) is 11.6 Å². The van der Waals surface area contributed by atoms with Crippen LogP contribution < -0.4 is 0 Å². The number of aromatic nitrogens is 1. The van der Waals surface area contributed by atoms with Gasteiger partial charge >= 0.3 is 0 Å². The number of para-hydroxylation sites is 1. The summed E-state index contributed by atoms with van der Waals surface area (Å²) >= 11 is 8.28. The maximum absolute atomic E-state index is 12.6. The molecule has 0 amide bonds. The summed E-state index contributed by atoms with van der Waals surface area (Å²) in [6, 6.07) is 13.1. The normalized spacial score (nSPS) is 10.8. The molecule has 1 N–H and O–H groups in total. The second kappa shape index (κ2) is 4.98. The average Bonchev–Trinajstić information content (AvgIpc) is 2.84. The van der Waals surface area contributed by atoms with Crippen molar-refractivity contribution in [3.05, 3.63) is 68.4 Å². The summed E-state index contributed by atoms with van der Waals surface area (Å²) in [6.45, 7) is 0. The number of aromatic amines is 1. The number of rotatable bonds is 2. The molecule has 3 aromatic rings. The molecule has 0 atom stereocenters. The average molecular weight is 382 g/mol. The van der Waals surface area contributed by atoms with Gasteiger partial charge in [-0.15, -0.1) is 0 Å². The molecule has 0 aliphatic heterocycles. The summed E-state index contributed by atoms with van der Waals surface area (Å²) in [6.07, 6.45) is 1.72. The van der Waals surface area contributed by atoms with Crippen molar-refractivity contribution in [3.8, 4) is 0 Å². The maximum Gasteiger partial charge on any atom is 0.196 e. The van der Waals surface area contributed by atoms with Gasteiger partial charge < -0.3 is 4.98 Å². The summed E-state index contributed by atoms with van der Waals surface area (Å²) < 4.78 is 0.946. The molecule has 0 aliphatic rings. The minimum absolute atomic E-state index is 0.0125. The fourth-order valence-corrected chi connectivity index (χ4v) is 2.96. The van der Waals surface area contributed by atoms with Gasteiger partial charge in [0.25, 0.3) is 0 Å². The van der Waals surface area contributed by atoms with E-state index in [-0.39, 0.29) is 5.78 Å². The first-order valence-electron chi connectivity index (χ1n) is 5.73. The second-order valence-corrected chi connectivity index (χ2v) is 5.74. The zero-order valence-electron chi connectivity index (χ0n) is 9.78. The Morgan fingerprint density at radius 1 is 1.05 bits per heavy atom. The Morgan fingerprint density at radius 2 is 1.84 bits per heavy atom. The summed E-state index contributed by atoms with van der Waals surface area (Å²) in [7, 11) is 0. The molecule has 0 saturated heterocycles. The molecule has 0 radical (unpaired) electrons. The molecule has 3 rings (SSSR count). The highest BCUT2D eigenvalue weighted by atomic mass is 127. The van der Waals surface area contributed by atoms with Crippen LogP contribution in [0.25, 0.3) is 10.9 Å². The number of benzene rings is 2. The number of H-pyrrole nitrogens is 1. The van der Waals surface area contributed by atoms with Crippen LogP contribution >= 0.6 is 34.2 Å². The lowest BCUT2D eigenvalue weighted by Crippen LogP contribution is -2.02. The molecule has 1 heterocycles. The molecule has 0 saturated carbocycles. The van der Waals surface area contributed by atoms with Crippen molar-refractivity contribution in [2.24, 2.45) is 0 Å². The van der Waals surface area contributed by atoms with Gasteiger partial charge in [-0.3, -0.25) is 4.79 Å². The first-order valence-corrected chi connectivity index (χ1v) is 7.19. The van der Waals surface area contributed by atoms with E-state index < -0.39 is 0 Å². The molecule has 94 valence electrons. The number of hydrogen-bond donors (Lipinski definition) is 1. The van der Waals surface area contributed by atoms with Crippen molar-refractivity contribution < 1.29 is 4.79 Å². The molecule has 2 nitrogen and oxygen atoms in total. The Labute approximate surface area is 128 Å². The second-order valence-electron chi connectivity index (χ2n) is 4.17. The third kappa shape index (κ3) is 2.17.